The van der Waals surface area contributed by atoms with Crippen LogP contribution in [0.3, 0.4) is 0 Å². The van der Waals surface area contributed by atoms with Crippen LogP contribution in [0.15, 0.2) is 24.3 Å². The topological polar surface area (TPSA) is 38.8 Å². The third kappa shape index (κ3) is 4.70. The number of piperazine rings is 2. The summed E-state index contributed by atoms with van der Waals surface area (Å²) in [4.78, 5) is 19.2. The Morgan fingerprint density at radius 3 is 2.75 bits per heavy atom. The van der Waals surface area contributed by atoms with E-state index in [0.29, 0.717) is 12.6 Å². The lowest BCUT2D eigenvalue weighted by Gasteiger charge is -2.38. The summed E-state index contributed by atoms with van der Waals surface area (Å²) in [6, 6.07) is 8.46. The molecule has 3 rings (SSSR count). The molecule has 0 unspecified atom stereocenters. The largest absolute Gasteiger partial charge is 0.339 e. The number of nitrogens with zero attached hydrogens (tertiary/aromatic N) is 3. The number of benzene rings is 1. The lowest BCUT2D eigenvalue weighted by atomic mass is 10.2. The van der Waals surface area contributed by atoms with E-state index in [0.717, 1.165) is 57.4 Å². The zero-order valence-corrected chi connectivity index (χ0v) is 15.1. The van der Waals surface area contributed by atoms with Crippen LogP contribution in [0, 0.1) is 0 Å². The molecule has 2 aliphatic rings. The number of carbonyl (C=O) groups is 1. The van der Waals surface area contributed by atoms with E-state index < -0.39 is 0 Å². The second-order valence-electron chi connectivity index (χ2n) is 6.81. The molecule has 132 valence electrons. The summed E-state index contributed by atoms with van der Waals surface area (Å²) in [6.07, 6.45) is 0. The Hall–Kier alpha value is -1.14. The van der Waals surface area contributed by atoms with Gasteiger partial charge in [-0.25, -0.2) is 0 Å². The van der Waals surface area contributed by atoms with Crippen LogP contribution in [0.4, 0.5) is 0 Å². The quantitative estimate of drug-likeness (QED) is 0.888. The number of rotatable bonds is 4. The average molecular weight is 351 g/mol. The first kappa shape index (κ1) is 17.7. The van der Waals surface area contributed by atoms with Crippen LogP contribution in [0.1, 0.15) is 12.5 Å². The first-order valence-electron chi connectivity index (χ1n) is 8.81. The van der Waals surface area contributed by atoms with Crippen LogP contribution in [0.5, 0.6) is 0 Å². The van der Waals surface area contributed by atoms with Gasteiger partial charge in [-0.15, -0.1) is 0 Å². The SMILES string of the molecule is C[C@@H]1CNCCN1CC(=O)N1CCN(Cc2cccc(Cl)c2)CC1. The van der Waals surface area contributed by atoms with Crippen molar-refractivity contribution in [3.8, 4) is 0 Å². The summed E-state index contributed by atoms with van der Waals surface area (Å²) in [5, 5.41) is 4.15. The number of halogens is 1. The van der Waals surface area contributed by atoms with Gasteiger partial charge in [-0.2, -0.15) is 0 Å². The highest BCUT2D eigenvalue weighted by Gasteiger charge is 2.25. The van der Waals surface area contributed by atoms with Gasteiger partial charge in [0.1, 0.15) is 0 Å². The molecule has 0 bridgehead atoms. The minimum Gasteiger partial charge on any atom is -0.339 e. The Labute approximate surface area is 149 Å². The first-order valence-corrected chi connectivity index (χ1v) is 9.19. The van der Waals surface area contributed by atoms with E-state index in [-0.39, 0.29) is 5.91 Å². The zero-order valence-electron chi connectivity index (χ0n) is 14.4. The molecule has 2 aliphatic heterocycles. The van der Waals surface area contributed by atoms with Gasteiger partial charge in [0, 0.05) is 63.4 Å². The molecule has 2 saturated heterocycles. The van der Waals surface area contributed by atoms with E-state index in [1.165, 1.54) is 5.56 Å². The Morgan fingerprint density at radius 2 is 2.04 bits per heavy atom. The zero-order chi connectivity index (χ0) is 16.9. The van der Waals surface area contributed by atoms with Gasteiger partial charge in [0.25, 0.3) is 0 Å². The summed E-state index contributed by atoms with van der Waals surface area (Å²) in [7, 11) is 0. The van der Waals surface area contributed by atoms with Crippen LogP contribution in [0.25, 0.3) is 0 Å². The third-order valence-electron chi connectivity index (χ3n) is 5.00. The van der Waals surface area contributed by atoms with Crippen molar-refractivity contribution in [2.24, 2.45) is 0 Å². The molecule has 0 saturated carbocycles. The van der Waals surface area contributed by atoms with Crippen molar-refractivity contribution in [3.05, 3.63) is 34.9 Å². The molecular weight excluding hydrogens is 324 g/mol. The lowest BCUT2D eigenvalue weighted by molar-refractivity contribution is -0.135. The first-order chi connectivity index (χ1) is 11.6. The molecule has 1 aromatic rings. The molecule has 1 atom stereocenters. The van der Waals surface area contributed by atoms with Gasteiger partial charge in [0.15, 0.2) is 0 Å². The van der Waals surface area contributed by atoms with Gasteiger partial charge < -0.3 is 10.2 Å². The summed E-state index contributed by atoms with van der Waals surface area (Å²) < 4.78 is 0. The monoisotopic (exact) mass is 350 g/mol. The van der Waals surface area contributed by atoms with Crippen LogP contribution < -0.4 is 5.32 Å². The van der Waals surface area contributed by atoms with Gasteiger partial charge in [-0.1, -0.05) is 23.7 Å². The minimum atomic E-state index is 0.270. The van der Waals surface area contributed by atoms with Crippen LogP contribution in [-0.2, 0) is 11.3 Å². The molecule has 0 spiro atoms. The van der Waals surface area contributed by atoms with Gasteiger partial charge in [-0.3, -0.25) is 14.6 Å². The maximum atomic E-state index is 12.5. The second-order valence-corrected chi connectivity index (χ2v) is 7.25. The highest BCUT2D eigenvalue weighted by molar-refractivity contribution is 6.30. The number of carbonyl (C=O) groups excluding carboxylic acids is 1. The van der Waals surface area contributed by atoms with Crippen molar-refractivity contribution in [1.29, 1.82) is 0 Å². The molecule has 0 aliphatic carbocycles. The van der Waals surface area contributed by atoms with Crippen LogP contribution >= 0.6 is 11.6 Å². The maximum absolute atomic E-state index is 12.5. The Bertz CT molecular complexity index is 560. The van der Waals surface area contributed by atoms with E-state index in [2.05, 4.69) is 28.1 Å². The predicted octanol–water partition coefficient (Wildman–Crippen LogP) is 1.28. The van der Waals surface area contributed by atoms with E-state index in [4.69, 9.17) is 11.6 Å². The molecule has 1 N–H and O–H groups in total. The second kappa shape index (κ2) is 8.30. The van der Waals surface area contributed by atoms with Crippen molar-refractivity contribution < 1.29 is 4.79 Å². The molecule has 24 heavy (non-hydrogen) atoms. The molecule has 6 heteroatoms. The summed E-state index contributed by atoms with van der Waals surface area (Å²) >= 11 is 6.05. The summed E-state index contributed by atoms with van der Waals surface area (Å²) in [6.45, 7) is 10.0. The normalized spacial score (nSPS) is 23.4. The van der Waals surface area contributed by atoms with Crippen molar-refractivity contribution in [2.45, 2.75) is 19.5 Å². The van der Waals surface area contributed by atoms with Crippen molar-refractivity contribution >= 4 is 17.5 Å². The average Bonchev–Trinajstić information content (AvgIpc) is 2.57. The number of hydrogen-bond acceptors (Lipinski definition) is 4. The van der Waals surface area contributed by atoms with E-state index in [1.807, 2.05) is 23.1 Å². The lowest BCUT2D eigenvalue weighted by Crippen LogP contribution is -2.55. The molecule has 1 aromatic carbocycles. The fourth-order valence-corrected chi connectivity index (χ4v) is 3.65. The molecule has 2 heterocycles. The highest BCUT2D eigenvalue weighted by atomic mass is 35.5. The molecule has 1 amide bonds. The number of amides is 1. The van der Waals surface area contributed by atoms with E-state index in [1.54, 1.807) is 0 Å². The van der Waals surface area contributed by atoms with Gasteiger partial charge >= 0.3 is 0 Å². The maximum Gasteiger partial charge on any atom is 0.236 e. The minimum absolute atomic E-state index is 0.270. The van der Waals surface area contributed by atoms with Gasteiger partial charge in [0.2, 0.25) is 5.91 Å². The Balaban J connectivity index is 1.45. The Morgan fingerprint density at radius 1 is 1.25 bits per heavy atom. The van der Waals surface area contributed by atoms with E-state index >= 15 is 0 Å². The van der Waals surface area contributed by atoms with Crippen LogP contribution in [-0.4, -0.2) is 79.0 Å². The molecule has 2 fully saturated rings. The fraction of sp³-hybridized carbons (Fsp3) is 0.611. The highest BCUT2D eigenvalue weighted by Crippen LogP contribution is 2.14. The molecular formula is C18H27ClN4O. The van der Waals surface area contributed by atoms with Crippen molar-refractivity contribution in [2.75, 3.05) is 52.4 Å². The molecule has 0 aromatic heterocycles. The predicted molar refractivity (Wildman–Crippen MR) is 97.2 cm³/mol. The summed E-state index contributed by atoms with van der Waals surface area (Å²) in [5.74, 6) is 0.270. The van der Waals surface area contributed by atoms with Gasteiger partial charge in [0.05, 0.1) is 6.54 Å². The smallest absolute Gasteiger partial charge is 0.236 e. The number of nitrogens with one attached hydrogen (secondary N) is 1. The van der Waals surface area contributed by atoms with Gasteiger partial charge in [-0.05, 0) is 24.6 Å². The third-order valence-corrected chi connectivity index (χ3v) is 5.23. The molecule has 0 radical (unpaired) electrons. The summed E-state index contributed by atoms with van der Waals surface area (Å²) in [5.41, 5.74) is 1.23. The van der Waals surface area contributed by atoms with Crippen molar-refractivity contribution in [1.82, 2.24) is 20.0 Å². The molecule has 5 nitrogen and oxygen atoms in total. The fourth-order valence-electron chi connectivity index (χ4n) is 3.44. The van der Waals surface area contributed by atoms with E-state index in [9.17, 15) is 4.79 Å². The van der Waals surface area contributed by atoms with Crippen molar-refractivity contribution in [3.63, 3.8) is 0 Å². The Kier molecular flexibility index (Phi) is 6.11. The number of hydrogen-bond donors (Lipinski definition) is 1. The standard InChI is InChI=1S/C18H27ClN4O/c1-15-12-20-5-6-23(15)14-18(24)22-9-7-21(8-10-22)13-16-3-2-4-17(19)11-16/h2-4,11,15,20H,5-10,12-14H2,1H3/t15-/m1/s1. The van der Waals surface area contributed by atoms with Crippen LogP contribution in [0.2, 0.25) is 5.02 Å².